The number of hydrogen-bond donors (Lipinski definition) is 7. The molecule has 12 heteroatoms. The van der Waals surface area contributed by atoms with E-state index in [2.05, 4.69) is 0 Å². The van der Waals surface area contributed by atoms with Gasteiger partial charge in [-0.05, 0) is 18.2 Å². The lowest BCUT2D eigenvalue weighted by Gasteiger charge is -2.38. The van der Waals surface area contributed by atoms with Crippen LogP contribution in [-0.4, -0.2) is 72.4 Å². The summed E-state index contributed by atoms with van der Waals surface area (Å²) in [6.45, 7) is 0. The van der Waals surface area contributed by atoms with Crippen molar-refractivity contribution in [3.63, 3.8) is 0 Å². The number of phenolic OH excluding ortho intramolecular Hbond substituents is 3. The van der Waals surface area contributed by atoms with Gasteiger partial charge >= 0.3 is 5.97 Å². The van der Waals surface area contributed by atoms with E-state index in [-0.39, 0.29) is 33.8 Å². The Morgan fingerprint density at radius 1 is 0.879 bits per heavy atom. The van der Waals surface area contributed by atoms with Crippen molar-refractivity contribution in [1.82, 2.24) is 0 Å². The zero-order chi connectivity index (χ0) is 24.0. The van der Waals surface area contributed by atoms with Crippen LogP contribution in [0.2, 0.25) is 0 Å². The van der Waals surface area contributed by atoms with E-state index in [9.17, 15) is 40.2 Å². The van der Waals surface area contributed by atoms with Gasteiger partial charge in [0.05, 0.1) is 0 Å². The summed E-state index contributed by atoms with van der Waals surface area (Å²) < 4.78 is 16.0. The predicted molar refractivity (Wildman–Crippen MR) is 108 cm³/mol. The first-order valence-electron chi connectivity index (χ1n) is 9.49. The molecule has 0 bridgehead atoms. The number of rotatable bonds is 4. The Labute approximate surface area is 183 Å². The monoisotopic (exact) mass is 462 g/mol. The maximum absolute atomic E-state index is 12.5. The van der Waals surface area contributed by atoms with Crippen LogP contribution in [-0.2, 0) is 9.53 Å². The number of hydrogen-bond acceptors (Lipinski definition) is 11. The van der Waals surface area contributed by atoms with Crippen LogP contribution in [0.1, 0.15) is 0 Å². The number of aliphatic carboxylic acids is 1. The summed E-state index contributed by atoms with van der Waals surface area (Å²) in [5.41, 5.74) is -0.565. The molecule has 1 aliphatic heterocycles. The SMILES string of the molecule is O=C(O)C1O[C@@H](Oc2cc(O)c3c(=O)cc(-c4ccc(O)c(O)c4)oc3c2)C(O)[C@@H](O)[C@H]1O. The van der Waals surface area contributed by atoms with E-state index in [0.717, 1.165) is 24.3 Å². The summed E-state index contributed by atoms with van der Waals surface area (Å²) in [6, 6.07) is 6.94. The fourth-order valence-electron chi connectivity index (χ4n) is 3.41. The molecule has 0 radical (unpaired) electrons. The summed E-state index contributed by atoms with van der Waals surface area (Å²) in [6.07, 6.45) is -9.29. The Bertz CT molecular complexity index is 1280. The largest absolute Gasteiger partial charge is 0.507 e. The van der Waals surface area contributed by atoms with E-state index in [1.165, 1.54) is 12.1 Å². The predicted octanol–water partition coefficient (Wildman–Crippen LogP) is -0.152. The summed E-state index contributed by atoms with van der Waals surface area (Å²) in [4.78, 5) is 23.8. The van der Waals surface area contributed by atoms with Gasteiger partial charge in [0.2, 0.25) is 6.29 Å². The van der Waals surface area contributed by atoms with Crippen molar-refractivity contribution in [2.24, 2.45) is 0 Å². The quantitative estimate of drug-likeness (QED) is 0.253. The lowest BCUT2D eigenvalue weighted by atomic mass is 9.99. The molecule has 0 aliphatic carbocycles. The zero-order valence-electron chi connectivity index (χ0n) is 16.5. The number of carboxylic acid groups (broad SMARTS) is 1. The van der Waals surface area contributed by atoms with Crippen LogP contribution in [0, 0.1) is 0 Å². The lowest BCUT2D eigenvalue weighted by Crippen LogP contribution is -2.61. The molecule has 1 saturated heterocycles. The molecule has 4 rings (SSSR count). The molecule has 0 saturated carbocycles. The van der Waals surface area contributed by atoms with Crippen molar-refractivity contribution in [3.8, 4) is 34.3 Å². The van der Waals surface area contributed by atoms with Crippen LogP contribution >= 0.6 is 0 Å². The van der Waals surface area contributed by atoms with Crippen molar-refractivity contribution < 1.29 is 54.4 Å². The summed E-state index contributed by atoms with van der Waals surface area (Å²) in [5.74, 6) is -3.22. The van der Waals surface area contributed by atoms with Gasteiger partial charge in [-0.15, -0.1) is 0 Å². The number of benzene rings is 2. The van der Waals surface area contributed by atoms with E-state index in [1.54, 1.807) is 0 Å². The number of phenols is 3. The maximum atomic E-state index is 12.5. The molecular weight excluding hydrogens is 444 g/mol. The van der Waals surface area contributed by atoms with Crippen molar-refractivity contribution in [2.75, 3.05) is 0 Å². The Kier molecular flexibility index (Phi) is 5.59. The van der Waals surface area contributed by atoms with E-state index in [0.29, 0.717) is 0 Å². The highest BCUT2D eigenvalue weighted by Crippen LogP contribution is 2.35. The van der Waals surface area contributed by atoms with E-state index in [4.69, 9.17) is 19.0 Å². The number of aliphatic hydroxyl groups excluding tert-OH is 3. The fourth-order valence-corrected chi connectivity index (χ4v) is 3.41. The van der Waals surface area contributed by atoms with Gasteiger partial charge in [-0.1, -0.05) is 0 Å². The highest BCUT2D eigenvalue weighted by atomic mass is 16.7. The van der Waals surface area contributed by atoms with Crippen molar-refractivity contribution in [1.29, 1.82) is 0 Å². The lowest BCUT2D eigenvalue weighted by molar-refractivity contribution is -0.271. The number of aliphatic hydroxyl groups is 3. The average Bonchev–Trinajstić information content (AvgIpc) is 2.75. The summed E-state index contributed by atoms with van der Waals surface area (Å²) in [7, 11) is 0. The Morgan fingerprint density at radius 3 is 2.27 bits per heavy atom. The second-order valence-electron chi connectivity index (χ2n) is 7.35. The molecular formula is C21H18O12. The molecule has 5 atom stereocenters. The second-order valence-corrected chi connectivity index (χ2v) is 7.35. The highest BCUT2D eigenvalue weighted by Gasteiger charge is 2.48. The Balaban J connectivity index is 1.72. The van der Waals surface area contributed by atoms with Gasteiger partial charge in [-0.3, -0.25) is 4.79 Å². The molecule has 174 valence electrons. The average molecular weight is 462 g/mol. The van der Waals surface area contributed by atoms with Crippen LogP contribution in [0.4, 0.5) is 0 Å². The first-order valence-corrected chi connectivity index (χ1v) is 9.49. The fraction of sp³-hybridized carbons (Fsp3) is 0.238. The standard InChI is InChI=1S/C21H18O12/c22-9-2-1-7(3-10(9)23)13-6-12(25)15-11(24)4-8(5-14(15)32-13)31-21-18(28)16(26)17(27)19(33-21)20(29)30/h1-6,16-19,21-24,26-28H,(H,29,30)/t16-,17+,18?,19?,21+/m0/s1. The number of carbonyl (C=O) groups is 1. The normalized spacial score (nSPS) is 25.1. The first kappa shape index (κ1) is 22.4. The van der Waals surface area contributed by atoms with Crippen LogP contribution < -0.4 is 10.2 Å². The van der Waals surface area contributed by atoms with Crippen molar-refractivity contribution in [2.45, 2.75) is 30.7 Å². The van der Waals surface area contributed by atoms with Crippen LogP contribution in [0.3, 0.4) is 0 Å². The molecule has 7 N–H and O–H groups in total. The second kappa shape index (κ2) is 8.26. The maximum Gasteiger partial charge on any atom is 0.335 e. The molecule has 33 heavy (non-hydrogen) atoms. The first-order chi connectivity index (χ1) is 15.6. The van der Waals surface area contributed by atoms with Gasteiger partial charge in [0.1, 0.15) is 46.5 Å². The Hall–Kier alpha value is -3.84. The number of aromatic hydroxyl groups is 3. The molecule has 0 spiro atoms. The number of ether oxygens (including phenoxy) is 2. The number of carboxylic acids is 1. The molecule has 3 aromatic rings. The molecule has 12 nitrogen and oxygen atoms in total. The van der Waals surface area contributed by atoms with Gasteiger partial charge in [-0.2, -0.15) is 0 Å². The van der Waals surface area contributed by atoms with Gasteiger partial charge in [0.25, 0.3) is 0 Å². The summed E-state index contributed by atoms with van der Waals surface area (Å²) in [5, 5.41) is 68.2. The van der Waals surface area contributed by atoms with Gasteiger partial charge in [0, 0.05) is 23.8 Å². The Morgan fingerprint density at radius 2 is 1.61 bits per heavy atom. The van der Waals surface area contributed by atoms with Crippen molar-refractivity contribution >= 4 is 16.9 Å². The van der Waals surface area contributed by atoms with Crippen molar-refractivity contribution in [3.05, 3.63) is 46.6 Å². The molecule has 2 heterocycles. The minimum absolute atomic E-state index is 0.0159. The minimum atomic E-state index is -1.91. The van der Waals surface area contributed by atoms with Gasteiger partial charge < -0.3 is 49.6 Å². The third-order valence-electron chi connectivity index (χ3n) is 5.11. The van der Waals surface area contributed by atoms with E-state index >= 15 is 0 Å². The molecule has 0 amide bonds. The molecule has 1 aliphatic rings. The van der Waals surface area contributed by atoms with E-state index < -0.39 is 53.6 Å². The molecule has 2 aromatic carbocycles. The summed E-state index contributed by atoms with van der Waals surface area (Å²) >= 11 is 0. The third-order valence-corrected chi connectivity index (χ3v) is 5.11. The topological polar surface area (TPSA) is 207 Å². The highest BCUT2D eigenvalue weighted by molar-refractivity contribution is 5.86. The molecule has 2 unspecified atom stereocenters. The molecule has 1 aromatic heterocycles. The smallest absolute Gasteiger partial charge is 0.335 e. The molecule has 1 fully saturated rings. The number of fused-ring (bicyclic) bond motifs is 1. The third kappa shape index (κ3) is 4.03. The zero-order valence-corrected chi connectivity index (χ0v) is 16.5. The van der Waals surface area contributed by atoms with Gasteiger partial charge in [0.15, 0.2) is 23.0 Å². The van der Waals surface area contributed by atoms with Crippen LogP contribution in [0.25, 0.3) is 22.3 Å². The van der Waals surface area contributed by atoms with Crippen LogP contribution in [0.15, 0.2) is 45.6 Å². The van der Waals surface area contributed by atoms with Crippen LogP contribution in [0.5, 0.6) is 23.0 Å². The van der Waals surface area contributed by atoms with Gasteiger partial charge in [-0.25, -0.2) is 4.79 Å². The minimum Gasteiger partial charge on any atom is -0.507 e. The van der Waals surface area contributed by atoms with E-state index in [1.807, 2.05) is 0 Å².